The van der Waals surface area contributed by atoms with Gasteiger partial charge in [0.05, 0.1) is 5.56 Å². The lowest BCUT2D eigenvalue weighted by Crippen LogP contribution is -2.05. The van der Waals surface area contributed by atoms with E-state index in [2.05, 4.69) is 4.98 Å². The Balaban J connectivity index is 1.98. The zero-order valence-corrected chi connectivity index (χ0v) is 11.5. The number of hydrogen-bond donors (Lipinski definition) is 0. The quantitative estimate of drug-likeness (QED) is 0.635. The summed E-state index contributed by atoms with van der Waals surface area (Å²) in [5.41, 5.74) is 1.92. The Morgan fingerprint density at radius 1 is 1.21 bits per heavy atom. The lowest BCUT2D eigenvalue weighted by Gasteiger charge is -2.03. The summed E-state index contributed by atoms with van der Waals surface area (Å²) < 4.78 is 5.15. The predicted molar refractivity (Wildman–Crippen MR) is 72.4 cm³/mol. The van der Waals surface area contributed by atoms with E-state index in [9.17, 15) is 9.59 Å². The largest absolute Gasteiger partial charge is 0.455 e. The monoisotopic (exact) mass is 275 g/mol. The third kappa shape index (κ3) is 3.48. The predicted octanol–water partition coefficient (Wildman–Crippen LogP) is 3.01. The molecule has 5 heteroatoms. The number of aromatic nitrogens is 1. The van der Waals surface area contributed by atoms with Crippen LogP contribution in [0, 0.1) is 6.92 Å². The molecular formula is C14H13NO3S. The highest BCUT2D eigenvalue weighted by atomic mass is 32.1. The molecule has 0 saturated carbocycles. The van der Waals surface area contributed by atoms with Gasteiger partial charge in [-0.15, -0.1) is 11.3 Å². The van der Waals surface area contributed by atoms with Gasteiger partial charge in [0.25, 0.3) is 0 Å². The van der Waals surface area contributed by atoms with Crippen LogP contribution in [0.25, 0.3) is 0 Å². The van der Waals surface area contributed by atoms with Gasteiger partial charge in [-0.1, -0.05) is 12.1 Å². The number of hydrogen-bond acceptors (Lipinski definition) is 5. The summed E-state index contributed by atoms with van der Waals surface area (Å²) in [5, 5.41) is 2.68. The van der Waals surface area contributed by atoms with E-state index < -0.39 is 5.97 Å². The van der Waals surface area contributed by atoms with Gasteiger partial charge in [0, 0.05) is 16.6 Å². The van der Waals surface area contributed by atoms with Crippen LogP contribution in [0.1, 0.15) is 38.3 Å². The zero-order valence-electron chi connectivity index (χ0n) is 10.7. The Hall–Kier alpha value is -2.01. The number of Topliss-reactive ketones (excluding diaryl/α,β-unsaturated/α-hetero) is 1. The molecule has 2 rings (SSSR count). The molecule has 0 aliphatic heterocycles. The van der Waals surface area contributed by atoms with Crippen molar-refractivity contribution in [1.82, 2.24) is 4.98 Å². The molecule has 1 aromatic heterocycles. The van der Waals surface area contributed by atoms with Gasteiger partial charge in [-0.05, 0) is 26.0 Å². The molecule has 0 N–H and O–H groups in total. The molecule has 0 spiro atoms. The second-order valence-electron chi connectivity index (χ2n) is 4.09. The average Bonchev–Trinajstić information content (AvgIpc) is 2.82. The molecule has 0 amide bonds. The van der Waals surface area contributed by atoms with E-state index in [1.54, 1.807) is 24.3 Å². The molecule has 1 aromatic carbocycles. The summed E-state index contributed by atoms with van der Waals surface area (Å²) >= 11 is 1.46. The summed E-state index contributed by atoms with van der Waals surface area (Å²) in [6.07, 6.45) is 0. The third-order valence-corrected chi connectivity index (χ3v) is 3.46. The molecule has 0 radical (unpaired) electrons. The fraction of sp³-hybridized carbons (Fsp3) is 0.214. The fourth-order valence-corrected chi connectivity index (χ4v) is 2.20. The topological polar surface area (TPSA) is 56.3 Å². The first-order chi connectivity index (χ1) is 9.06. The van der Waals surface area contributed by atoms with Crippen molar-refractivity contribution in [3.63, 3.8) is 0 Å². The molecule has 0 unspecified atom stereocenters. The maximum atomic E-state index is 11.8. The summed E-state index contributed by atoms with van der Waals surface area (Å²) in [6, 6.07) is 6.41. The molecule has 0 atom stereocenters. The number of ketones is 1. The maximum Gasteiger partial charge on any atom is 0.338 e. The SMILES string of the molecule is CC(=O)c1ccc(C(=O)OCc2nc(C)cs2)cc1. The molecule has 1 heterocycles. The van der Waals surface area contributed by atoms with Crippen LogP contribution >= 0.6 is 11.3 Å². The van der Waals surface area contributed by atoms with Gasteiger partial charge in [0.15, 0.2) is 5.78 Å². The number of ether oxygens (including phenoxy) is 1. The summed E-state index contributed by atoms with van der Waals surface area (Å²) in [7, 11) is 0. The van der Waals surface area contributed by atoms with E-state index in [-0.39, 0.29) is 12.4 Å². The second kappa shape index (κ2) is 5.75. The van der Waals surface area contributed by atoms with Gasteiger partial charge in [0.2, 0.25) is 0 Å². The molecule has 0 aliphatic rings. The molecule has 0 fully saturated rings. The molecule has 0 saturated heterocycles. The number of rotatable bonds is 4. The van der Waals surface area contributed by atoms with Crippen LogP contribution in [-0.4, -0.2) is 16.7 Å². The van der Waals surface area contributed by atoms with Crippen LogP contribution in [-0.2, 0) is 11.3 Å². The molecule has 0 bridgehead atoms. The molecular weight excluding hydrogens is 262 g/mol. The molecule has 98 valence electrons. The van der Waals surface area contributed by atoms with Gasteiger partial charge in [-0.25, -0.2) is 9.78 Å². The van der Waals surface area contributed by atoms with E-state index in [1.807, 2.05) is 12.3 Å². The number of aryl methyl sites for hydroxylation is 1. The minimum Gasteiger partial charge on any atom is -0.455 e. The van der Waals surface area contributed by atoms with E-state index in [1.165, 1.54) is 18.3 Å². The number of benzene rings is 1. The number of carbonyl (C=O) groups excluding carboxylic acids is 2. The van der Waals surface area contributed by atoms with Crippen LogP contribution in [0.5, 0.6) is 0 Å². The number of thiazole rings is 1. The number of nitrogens with zero attached hydrogens (tertiary/aromatic N) is 1. The first-order valence-electron chi connectivity index (χ1n) is 5.75. The van der Waals surface area contributed by atoms with E-state index >= 15 is 0 Å². The summed E-state index contributed by atoms with van der Waals surface area (Å²) in [5.74, 6) is -0.443. The van der Waals surface area contributed by atoms with Crippen LogP contribution in [0.3, 0.4) is 0 Å². The Morgan fingerprint density at radius 3 is 2.37 bits per heavy atom. The maximum absolute atomic E-state index is 11.8. The van der Waals surface area contributed by atoms with Gasteiger partial charge in [-0.2, -0.15) is 0 Å². The van der Waals surface area contributed by atoms with Crippen molar-refractivity contribution in [2.75, 3.05) is 0 Å². The fourth-order valence-electron chi connectivity index (χ4n) is 1.52. The van der Waals surface area contributed by atoms with Crippen molar-refractivity contribution in [1.29, 1.82) is 0 Å². The Labute approximate surface area is 115 Å². The highest BCUT2D eigenvalue weighted by Gasteiger charge is 2.09. The van der Waals surface area contributed by atoms with Crippen LogP contribution in [0.2, 0.25) is 0 Å². The van der Waals surface area contributed by atoms with E-state index in [0.717, 1.165) is 10.7 Å². The summed E-state index contributed by atoms with van der Waals surface area (Å²) in [4.78, 5) is 27.1. The average molecular weight is 275 g/mol. The third-order valence-electron chi connectivity index (χ3n) is 2.52. The van der Waals surface area contributed by atoms with Gasteiger partial charge < -0.3 is 4.74 Å². The van der Waals surface area contributed by atoms with Crippen molar-refractivity contribution in [3.05, 3.63) is 51.5 Å². The lowest BCUT2D eigenvalue weighted by molar-refractivity contribution is 0.0472. The summed E-state index contributed by atoms with van der Waals surface area (Å²) in [6.45, 7) is 3.55. The molecule has 4 nitrogen and oxygen atoms in total. The van der Waals surface area contributed by atoms with E-state index in [4.69, 9.17) is 4.74 Å². The van der Waals surface area contributed by atoms with Crippen LogP contribution < -0.4 is 0 Å². The first-order valence-corrected chi connectivity index (χ1v) is 6.63. The van der Waals surface area contributed by atoms with Gasteiger partial charge in [0.1, 0.15) is 11.6 Å². The molecule has 19 heavy (non-hydrogen) atoms. The first kappa shape index (κ1) is 13.4. The second-order valence-corrected chi connectivity index (χ2v) is 5.03. The Kier molecular flexibility index (Phi) is 4.06. The van der Waals surface area contributed by atoms with E-state index in [0.29, 0.717) is 11.1 Å². The van der Waals surface area contributed by atoms with Crippen molar-refractivity contribution in [2.24, 2.45) is 0 Å². The number of esters is 1. The normalized spacial score (nSPS) is 10.2. The van der Waals surface area contributed by atoms with Crippen molar-refractivity contribution < 1.29 is 14.3 Å². The number of carbonyl (C=O) groups is 2. The van der Waals surface area contributed by atoms with Gasteiger partial charge in [-0.3, -0.25) is 4.79 Å². The van der Waals surface area contributed by atoms with Gasteiger partial charge >= 0.3 is 5.97 Å². The zero-order chi connectivity index (χ0) is 13.8. The molecule has 2 aromatic rings. The lowest BCUT2D eigenvalue weighted by atomic mass is 10.1. The highest BCUT2D eigenvalue weighted by Crippen LogP contribution is 2.12. The molecule has 0 aliphatic carbocycles. The van der Waals surface area contributed by atoms with Crippen LogP contribution in [0.4, 0.5) is 0 Å². The Bertz CT molecular complexity index is 601. The van der Waals surface area contributed by atoms with Crippen LogP contribution in [0.15, 0.2) is 29.6 Å². The van der Waals surface area contributed by atoms with Crippen molar-refractivity contribution >= 4 is 23.1 Å². The minimum atomic E-state index is -0.414. The van der Waals surface area contributed by atoms with Crippen molar-refractivity contribution in [3.8, 4) is 0 Å². The smallest absolute Gasteiger partial charge is 0.338 e. The highest BCUT2D eigenvalue weighted by molar-refractivity contribution is 7.09. The van der Waals surface area contributed by atoms with Crippen molar-refractivity contribution in [2.45, 2.75) is 20.5 Å². The Morgan fingerprint density at radius 2 is 1.84 bits per heavy atom. The minimum absolute atomic E-state index is 0.0295. The standard InChI is InChI=1S/C14H13NO3S/c1-9-8-19-13(15-9)7-18-14(17)12-5-3-11(4-6-12)10(2)16/h3-6,8H,7H2,1-2H3.